The molecule has 0 nitrogen and oxygen atoms in total. The molecule has 0 fully saturated rings. The standard InChI is InChI=1S/C24H28P.BF4/c1-2-3-4-14-21-25(22-15-8-5-9-16-22,23-17-10-6-11-18-23)24-19-12-7-13-20-24;2-1(3,4)5/h5-13,15-20H,2-4,14,21H2,1H3;/q+1;-1. The highest BCUT2D eigenvalue weighted by Gasteiger charge is 2.44. The lowest BCUT2D eigenvalue weighted by Crippen LogP contribution is -2.33. The van der Waals surface area contributed by atoms with Crippen molar-refractivity contribution in [3.05, 3.63) is 91.0 Å². The molecule has 0 aromatic heterocycles. The van der Waals surface area contributed by atoms with Gasteiger partial charge in [0.2, 0.25) is 0 Å². The van der Waals surface area contributed by atoms with E-state index in [-0.39, 0.29) is 0 Å². The van der Waals surface area contributed by atoms with Crippen LogP contribution in [0, 0.1) is 0 Å². The molecule has 3 aromatic rings. The molecule has 0 aliphatic heterocycles. The maximum atomic E-state index is 9.75. The SMILES string of the molecule is CCCCCC[P+](c1ccccc1)(c1ccccc1)c1ccccc1.F[B-](F)(F)F. The Labute approximate surface area is 177 Å². The Hall–Kier alpha value is -2.13. The lowest BCUT2D eigenvalue weighted by molar-refractivity contribution is 0.368. The molecule has 30 heavy (non-hydrogen) atoms. The van der Waals surface area contributed by atoms with E-state index in [0.29, 0.717) is 0 Å². The molecule has 0 aliphatic carbocycles. The predicted molar refractivity (Wildman–Crippen MR) is 124 cm³/mol. The summed E-state index contributed by atoms with van der Waals surface area (Å²) in [5, 5.41) is 4.51. The maximum absolute atomic E-state index is 9.75. The van der Waals surface area contributed by atoms with Crippen molar-refractivity contribution in [2.24, 2.45) is 0 Å². The van der Waals surface area contributed by atoms with Crippen LogP contribution in [0.25, 0.3) is 0 Å². The molecule has 0 unspecified atom stereocenters. The van der Waals surface area contributed by atoms with Crippen LogP contribution in [0.4, 0.5) is 17.3 Å². The quantitative estimate of drug-likeness (QED) is 0.157. The topological polar surface area (TPSA) is 0 Å². The van der Waals surface area contributed by atoms with Gasteiger partial charge in [-0.25, -0.2) is 0 Å². The molecule has 0 amide bonds. The molecule has 0 bridgehead atoms. The van der Waals surface area contributed by atoms with E-state index in [4.69, 9.17) is 0 Å². The number of halogens is 4. The zero-order chi connectivity index (χ0) is 21.9. The van der Waals surface area contributed by atoms with Gasteiger partial charge in [-0.05, 0) is 49.2 Å². The minimum absolute atomic E-state index is 1.25. The van der Waals surface area contributed by atoms with Gasteiger partial charge in [0, 0.05) is 0 Å². The fourth-order valence-electron chi connectivity index (χ4n) is 3.66. The summed E-state index contributed by atoms with van der Waals surface area (Å²) < 4.78 is 39.0. The number of benzene rings is 3. The van der Waals surface area contributed by atoms with E-state index in [1.807, 2.05) is 0 Å². The van der Waals surface area contributed by atoms with Crippen molar-refractivity contribution in [3.8, 4) is 0 Å². The van der Waals surface area contributed by atoms with Crippen molar-refractivity contribution in [1.82, 2.24) is 0 Å². The average Bonchev–Trinajstić information content (AvgIpc) is 2.75. The minimum Gasteiger partial charge on any atom is -0.418 e. The first kappa shape index (κ1) is 24.1. The van der Waals surface area contributed by atoms with Crippen LogP contribution in [0.3, 0.4) is 0 Å². The Balaban J connectivity index is 0.000000575. The monoisotopic (exact) mass is 434 g/mol. The third-order valence-corrected chi connectivity index (χ3v) is 9.46. The summed E-state index contributed by atoms with van der Waals surface area (Å²) in [6.07, 6.45) is 6.49. The molecule has 160 valence electrons. The van der Waals surface area contributed by atoms with Gasteiger partial charge in [0.25, 0.3) is 0 Å². The Morgan fingerprint density at radius 2 is 0.900 bits per heavy atom. The largest absolute Gasteiger partial charge is 0.673 e. The van der Waals surface area contributed by atoms with Gasteiger partial charge < -0.3 is 17.3 Å². The van der Waals surface area contributed by atoms with Crippen LogP contribution in [-0.2, 0) is 0 Å². The van der Waals surface area contributed by atoms with E-state index < -0.39 is 14.5 Å². The van der Waals surface area contributed by atoms with Crippen molar-refractivity contribution >= 4 is 30.4 Å². The highest BCUT2D eigenvalue weighted by Crippen LogP contribution is 2.55. The Bertz CT molecular complexity index is 737. The van der Waals surface area contributed by atoms with Gasteiger partial charge in [-0.2, -0.15) is 0 Å². The van der Waals surface area contributed by atoms with Gasteiger partial charge in [-0.15, -0.1) is 0 Å². The summed E-state index contributed by atoms with van der Waals surface area (Å²) in [6.45, 7) is 2.29. The molecule has 0 aliphatic rings. The lowest BCUT2D eigenvalue weighted by atomic mass is 10.2. The molecule has 0 saturated carbocycles. The number of unbranched alkanes of at least 4 members (excludes halogenated alkanes) is 3. The molecule has 0 N–H and O–H groups in total. The first-order valence-corrected chi connectivity index (χ1v) is 12.3. The Kier molecular flexibility index (Phi) is 9.58. The van der Waals surface area contributed by atoms with Crippen LogP contribution in [0.15, 0.2) is 91.0 Å². The van der Waals surface area contributed by atoms with E-state index >= 15 is 0 Å². The van der Waals surface area contributed by atoms with Gasteiger partial charge in [-0.3, -0.25) is 0 Å². The summed E-state index contributed by atoms with van der Waals surface area (Å²) in [4.78, 5) is 0. The van der Waals surface area contributed by atoms with E-state index in [1.54, 1.807) is 0 Å². The summed E-state index contributed by atoms with van der Waals surface area (Å²) in [6, 6.07) is 33.6. The second-order valence-corrected chi connectivity index (χ2v) is 10.7. The second kappa shape index (κ2) is 11.9. The maximum Gasteiger partial charge on any atom is 0.673 e. The van der Waals surface area contributed by atoms with Gasteiger partial charge >= 0.3 is 7.25 Å². The molecule has 0 atom stereocenters. The third kappa shape index (κ3) is 7.29. The highest BCUT2D eigenvalue weighted by atomic mass is 31.2. The van der Waals surface area contributed by atoms with E-state index in [1.165, 1.54) is 47.8 Å². The normalized spacial score (nSPS) is 11.5. The molecule has 3 rings (SSSR count). The third-order valence-electron chi connectivity index (χ3n) is 4.94. The van der Waals surface area contributed by atoms with Crippen LogP contribution < -0.4 is 15.9 Å². The van der Waals surface area contributed by atoms with Crippen molar-refractivity contribution in [1.29, 1.82) is 0 Å². The molecule has 0 heterocycles. The molecule has 3 aromatic carbocycles. The molecule has 0 radical (unpaired) electrons. The van der Waals surface area contributed by atoms with Gasteiger partial charge in [0.15, 0.2) is 0 Å². The van der Waals surface area contributed by atoms with Crippen LogP contribution in [0.5, 0.6) is 0 Å². The summed E-state index contributed by atoms with van der Waals surface area (Å²) in [5.74, 6) is 0. The summed E-state index contributed by atoms with van der Waals surface area (Å²) in [7, 11) is -7.59. The summed E-state index contributed by atoms with van der Waals surface area (Å²) in [5.41, 5.74) is 0. The van der Waals surface area contributed by atoms with Gasteiger partial charge in [-0.1, -0.05) is 74.4 Å². The van der Waals surface area contributed by atoms with Crippen molar-refractivity contribution in [2.75, 3.05) is 6.16 Å². The number of hydrogen-bond donors (Lipinski definition) is 0. The Morgan fingerprint density at radius 3 is 1.20 bits per heavy atom. The van der Waals surface area contributed by atoms with E-state index in [0.717, 1.165) is 0 Å². The molecule has 6 heteroatoms. The lowest BCUT2D eigenvalue weighted by Gasteiger charge is -2.27. The zero-order valence-corrected chi connectivity index (χ0v) is 18.1. The highest BCUT2D eigenvalue weighted by molar-refractivity contribution is 7.95. The Morgan fingerprint density at radius 1 is 0.567 bits per heavy atom. The second-order valence-electron chi connectivity index (χ2n) is 7.10. The number of hydrogen-bond acceptors (Lipinski definition) is 0. The van der Waals surface area contributed by atoms with Crippen LogP contribution in [-0.4, -0.2) is 13.4 Å². The van der Waals surface area contributed by atoms with Crippen molar-refractivity contribution in [2.45, 2.75) is 32.6 Å². The molecule has 0 saturated heterocycles. The minimum atomic E-state index is -6.00. The van der Waals surface area contributed by atoms with Crippen LogP contribution in [0.2, 0.25) is 0 Å². The van der Waals surface area contributed by atoms with E-state index in [2.05, 4.69) is 97.9 Å². The van der Waals surface area contributed by atoms with Crippen molar-refractivity contribution in [3.63, 3.8) is 0 Å². The zero-order valence-electron chi connectivity index (χ0n) is 17.2. The summed E-state index contributed by atoms with van der Waals surface area (Å²) >= 11 is 0. The van der Waals surface area contributed by atoms with Crippen LogP contribution >= 0.6 is 7.26 Å². The van der Waals surface area contributed by atoms with Gasteiger partial charge in [0.1, 0.15) is 23.2 Å². The van der Waals surface area contributed by atoms with Crippen LogP contribution in [0.1, 0.15) is 32.6 Å². The average molecular weight is 434 g/mol. The van der Waals surface area contributed by atoms with Crippen molar-refractivity contribution < 1.29 is 17.3 Å². The van der Waals surface area contributed by atoms with Gasteiger partial charge in [0.05, 0.1) is 6.16 Å². The predicted octanol–water partition coefficient (Wildman–Crippen LogP) is 6.86. The fraction of sp³-hybridized carbons (Fsp3) is 0.250. The van der Waals surface area contributed by atoms with E-state index in [9.17, 15) is 17.3 Å². The fourth-order valence-corrected chi connectivity index (χ4v) is 8.07. The first-order valence-electron chi connectivity index (χ1n) is 10.3. The molecular weight excluding hydrogens is 406 g/mol. The molecule has 0 spiro atoms. The molecular formula is C24H28BF4P. The number of rotatable bonds is 8. The smallest absolute Gasteiger partial charge is 0.418 e. The first-order chi connectivity index (χ1) is 14.4.